The monoisotopic (exact) mass is 337 g/mol. The zero-order chi connectivity index (χ0) is 17.8. The normalized spacial score (nSPS) is 11.8. The Morgan fingerprint density at radius 3 is 2.40 bits per heavy atom. The number of fused-ring (bicyclic) bond motifs is 1. The molecular weight excluding hydrogens is 321 g/mol. The zero-order valence-corrected chi connectivity index (χ0v) is 13.5. The molecule has 0 spiro atoms. The summed E-state index contributed by atoms with van der Waals surface area (Å²) in [6.07, 6.45) is -0.989. The molecular formula is C20H16FNO3. The van der Waals surface area contributed by atoms with Gasteiger partial charge in [-0.1, -0.05) is 36.4 Å². The van der Waals surface area contributed by atoms with E-state index >= 15 is 0 Å². The van der Waals surface area contributed by atoms with Crippen LogP contribution in [0, 0.1) is 5.82 Å². The minimum absolute atomic E-state index is 0.186. The van der Waals surface area contributed by atoms with Gasteiger partial charge in [-0.15, -0.1) is 0 Å². The van der Waals surface area contributed by atoms with E-state index in [0.29, 0.717) is 5.69 Å². The Kier molecular flexibility index (Phi) is 4.75. The van der Waals surface area contributed by atoms with Gasteiger partial charge in [0.15, 0.2) is 6.10 Å². The first-order valence-corrected chi connectivity index (χ1v) is 7.80. The Bertz CT molecular complexity index is 916. The largest absolute Gasteiger partial charge is 0.449 e. The molecule has 3 rings (SSSR count). The smallest absolute Gasteiger partial charge is 0.338 e. The van der Waals surface area contributed by atoms with Crippen LogP contribution in [0.2, 0.25) is 0 Å². The van der Waals surface area contributed by atoms with Gasteiger partial charge in [0.1, 0.15) is 5.82 Å². The standard InChI is InChI=1S/C20H16FNO3/c1-13(25-20(24)15-9-11-16(21)12-10-15)19(23)22-18-8-4-6-14-5-2-3-7-17(14)18/h2-13H,1H3,(H,22,23)/t13-/m0/s1. The number of carbonyl (C=O) groups is 2. The van der Waals surface area contributed by atoms with Crippen LogP contribution in [0.5, 0.6) is 0 Å². The molecule has 4 nitrogen and oxygen atoms in total. The first-order chi connectivity index (χ1) is 12.0. The molecule has 1 amide bonds. The predicted molar refractivity (Wildman–Crippen MR) is 93.9 cm³/mol. The van der Waals surface area contributed by atoms with Gasteiger partial charge in [0, 0.05) is 11.1 Å². The number of hydrogen-bond acceptors (Lipinski definition) is 3. The number of esters is 1. The Hall–Kier alpha value is -3.21. The van der Waals surface area contributed by atoms with Crippen molar-refractivity contribution in [3.05, 3.63) is 78.1 Å². The fraction of sp³-hybridized carbons (Fsp3) is 0.100. The van der Waals surface area contributed by atoms with Crippen molar-refractivity contribution in [1.82, 2.24) is 0 Å². The second-order valence-corrected chi connectivity index (χ2v) is 5.57. The average molecular weight is 337 g/mol. The van der Waals surface area contributed by atoms with Gasteiger partial charge < -0.3 is 10.1 Å². The predicted octanol–water partition coefficient (Wildman–Crippen LogP) is 4.16. The molecule has 0 aliphatic carbocycles. The van der Waals surface area contributed by atoms with E-state index in [9.17, 15) is 14.0 Å². The van der Waals surface area contributed by atoms with Crippen molar-refractivity contribution < 1.29 is 18.7 Å². The molecule has 1 N–H and O–H groups in total. The summed E-state index contributed by atoms with van der Waals surface area (Å²) in [5, 5.41) is 4.67. The molecule has 0 saturated carbocycles. The molecule has 0 aliphatic heterocycles. The van der Waals surface area contributed by atoms with Crippen LogP contribution >= 0.6 is 0 Å². The van der Waals surface area contributed by atoms with Gasteiger partial charge in [0.25, 0.3) is 5.91 Å². The molecule has 0 radical (unpaired) electrons. The lowest BCUT2D eigenvalue weighted by Gasteiger charge is -2.14. The number of hydrogen-bond donors (Lipinski definition) is 1. The van der Waals surface area contributed by atoms with Gasteiger partial charge >= 0.3 is 5.97 Å². The lowest BCUT2D eigenvalue weighted by Crippen LogP contribution is -2.30. The zero-order valence-electron chi connectivity index (χ0n) is 13.5. The van der Waals surface area contributed by atoms with Crippen LogP contribution in [0.4, 0.5) is 10.1 Å². The maximum absolute atomic E-state index is 12.9. The molecule has 0 heterocycles. The summed E-state index contributed by atoms with van der Waals surface area (Å²) in [5.74, 6) is -1.56. The van der Waals surface area contributed by atoms with E-state index < -0.39 is 23.8 Å². The third-order valence-electron chi connectivity index (χ3n) is 3.78. The molecule has 0 aliphatic rings. The highest BCUT2D eigenvalue weighted by Crippen LogP contribution is 2.23. The second-order valence-electron chi connectivity index (χ2n) is 5.57. The highest BCUT2D eigenvalue weighted by molar-refractivity contribution is 6.04. The van der Waals surface area contributed by atoms with Crippen LogP contribution in [0.1, 0.15) is 17.3 Å². The van der Waals surface area contributed by atoms with E-state index in [1.807, 2.05) is 36.4 Å². The number of nitrogens with one attached hydrogen (secondary N) is 1. The van der Waals surface area contributed by atoms with Crippen LogP contribution in [0.3, 0.4) is 0 Å². The van der Waals surface area contributed by atoms with Crippen LogP contribution in [0.15, 0.2) is 66.7 Å². The Balaban J connectivity index is 1.70. The fourth-order valence-electron chi connectivity index (χ4n) is 2.44. The highest BCUT2D eigenvalue weighted by Gasteiger charge is 2.19. The van der Waals surface area contributed by atoms with Gasteiger partial charge in [0.05, 0.1) is 5.56 Å². The maximum atomic E-state index is 12.9. The summed E-state index contributed by atoms with van der Waals surface area (Å²) < 4.78 is 18.0. The van der Waals surface area contributed by atoms with Crippen molar-refractivity contribution in [3.63, 3.8) is 0 Å². The van der Waals surface area contributed by atoms with Gasteiger partial charge in [0.2, 0.25) is 0 Å². The molecule has 1 atom stereocenters. The number of ether oxygens (including phenoxy) is 1. The summed E-state index contributed by atoms with van der Waals surface area (Å²) in [4.78, 5) is 24.3. The number of halogens is 1. The number of benzene rings is 3. The lowest BCUT2D eigenvalue weighted by molar-refractivity contribution is -0.123. The number of anilines is 1. The van der Waals surface area contributed by atoms with E-state index in [-0.39, 0.29) is 5.56 Å². The average Bonchev–Trinajstić information content (AvgIpc) is 2.62. The topological polar surface area (TPSA) is 55.4 Å². The van der Waals surface area contributed by atoms with Gasteiger partial charge in [-0.2, -0.15) is 0 Å². The summed E-state index contributed by atoms with van der Waals surface area (Å²) in [5.41, 5.74) is 0.832. The SMILES string of the molecule is C[C@H](OC(=O)c1ccc(F)cc1)C(=O)Nc1cccc2ccccc12. The molecule has 0 aromatic heterocycles. The molecule has 0 bridgehead atoms. The molecule has 5 heteroatoms. The minimum Gasteiger partial charge on any atom is -0.449 e. The van der Waals surface area contributed by atoms with Crippen LogP contribution < -0.4 is 5.32 Å². The van der Waals surface area contributed by atoms with E-state index in [1.54, 1.807) is 6.07 Å². The van der Waals surface area contributed by atoms with Gasteiger partial charge in [-0.25, -0.2) is 9.18 Å². The Morgan fingerprint density at radius 1 is 0.960 bits per heavy atom. The van der Waals surface area contributed by atoms with Crippen molar-refractivity contribution in [2.24, 2.45) is 0 Å². The summed E-state index contributed by atoms with van der Waals surface area (Å²) in [6, 6.07) is 18.2. The van der Waals surface area contributed by atoms with E-state index in [1.165, 1.54) is 19.1 Å². The van der Waals surface area contributed by atoms with Gasteiger partial charge in [-0.05, 0) is 42.6 Å². The fourth-order valence-corrected chi connectivity index (χ4v) is 2.44. The van der Waals surface area contributed by atoms with Crippen molar-refractivity contribution in [3.8, 4) is 0 Å². The molecule has 3 aromatic carbocycles. The number of carbonyl (C=O) groups excluding carboxylic acids is 2. The summed E-state index contributed by atoms with van der Waals surface area (Å²) in [7, 11) is 0. The third-order valence-corrected chi connectivity index (χ3v) is 3.78. The molecule has 0 fully saturated rings. The van der Waals surface area contributed by atoms with Crippen molar-refractivity contribution >= 4 is 28.3 Å². The van der Waals surface area contributed by atoms with Crippen molar-refractivity contribution in [1.29, 1.82) is 0 Å². The first-order valence-electron chi connectivity index (χ1n) is 7.80. The summed E-state index contributed by atoms with van der Waals surface area (Å²) >= 11 is 0. The van der Waals surface area contributed by atoms with Crippen molar-refractivity contribution in [2.75, 3.05) is 5.32 Å². The van der Waals surface area contributed by atoms with Crippen molar-refractivity contribution in [2.45, 2.75) is 13.0 Å². The summed E-state index contributed by atoms with van der Waals surface area (Å²) in [6.45, 7) is 1.49. The van der Waals surface area contributed by atoms with Crippen LogP contribution in [-0.2, 0) is 9.53 Å². The molecule has 25 heavy (non-hydrogen) atoms. The molecule has 126 valence electrons. The minimum atomic E-state index is -0.989. The molecule has 0 unspecified atom stereocenters. The van der Waals surface area contributed by atoms with E-state index in [2.05, 4.69) is 5.32 Å². The van der Waals surface area contributed by atoms with Gasteiger partial charge in [-0.3, -0.25) is 4.79 Å². The Morgan fingerprint density at radius 2 is 1.64 bits per heavy atom. The number of amides is 1. The maximum Gasteiger partial charge on any atom is 0.338 e. The lowest BCUT2D eigenvalue weighted by atomic mass is 10.1. The quantitative estimate of drug-likeness (QED) is 0.727. The molecule has 3 aromatic rings. The number of rotatable bonds is 4. The van der Waals surface area contributed by atoms with Crippen LogP contribution in [-0.4, -0.2) is 18.0 Å². The highest BCUT2D eigenvalue weighted by atomic mass is 19.1. The van der Waals surface area contributed by atoms with E-state index in [0.717, 1.165) is 22.9 Å². The third kappa shape index (κ3) is 3.83. The second kappa shape index (κ2) is 7.13. The molecule has 0 saturated heterocycles. The Labute approximate surface area is 144 Å². The first kappa shape index (κ1) is 16.6. The van der Waals surface area contributed by atoms with Crippen LogP contribution in [0.25, 0.3) is 10.8 Å². The van der Waals surface area contributed by atoms with E-state index in [4.69, 9.17) is 4.74 Å².